The molecule has 19 heavy (non-hydrogen) atoms. The number of hydrogen-bond acceptors (Lipinski definition) is 2. The lowest BCUT2D eigenvalue weighted by Crippen LogP contribution is -2.00. The molecule has 0 aliphatic carbocycles. The Morgan fingerprint density at radius 2 is 1.63 bits per heavy atom. The summed E-state index contributed by atoms with van der Waals surface area (Å²) in [5, 5.41) is 3.06. The molecule has 2 nitrogen and oxygen atoms in total. The molecule has 0 N–H and O–H groups in total. The molecule has 0 aliphatic heterocycles. The van der Waals surface area contributed by atoms with Crippen LogP contribution in [0.25, 0.3) is 10.8 Å². The molecular weight excluding hydrogens is 304 g/mol. The molecule has 0 bridgehead atoms. The maximum absolute atomic E-state index is 5.80. The molecule has 2 aromatic carbocycles. The van der Waals surface area contributed by atoms with Gasteiger partial charge in [-0.1, -0.05) is 40.5 Å². The van der Waals surface area contributed by atoms with E-state index in [2.05, 4.69) is 48.0 Å². The minimum absolute atomic E-state index is 0.665. The van der Waals surface area contributed by atoms with Gasteiger partial charge in [0.2, 0.25) is 0 Å². The van der Waals surface area contributed by atoms with Gasteiger partial charge in [-0.25, -0.2) is 0 Å². The second-order valence-electron chi connectivity index (χ2n) is 4.50. The van der Waals surface area contributed by atoms with E-state index in [1.807, 2.05) is 12.1 Å². The molecule has 0 radical (unpaired) electrons. The molecule has 102 valence electrons. The summed E-state index contributed by atoms with van der Waals surface area (Å²) in [6.45, 7) is 5.61. The average Bonchev–Trinajstić information content (AvgIpc) is 2.43. The zero-order valence-corrected chi connectivity index (χ0v) is 13.0. The van der Waals surface area contributed by atoms with Gasteiger partial charge < -0.3 is 9.47 Å². The highest BCUT2D eigenvalue weighted by Crippen LogP contribution is 2.34. The SMILES string of the molecule is CCCOc1ccc(OCCBr)c2cc(C)ccc12. The monoisotopic (exact) mass is 322 g/mol. The van der Waals surface area contributed by atoms with Gasteiger partial charge in [0.25, 0.3) is 0 Å². The Hall–Kier alpha value is -1.22. The lowest BCUT2D eigenvalue weighted by atomic mass is 10.1. The van der Waals surface area contributed by atoms with Crippen LogP contribution in [0.2, 0.25) is 0 Å². The molecule has 0 unspecified atom stereocenters. The van der Waals surface area contributed by atoms with Crippen LogP contribution >= 0.6 is 15.9 Å². The molecule has 0 heterocycles. The molecule has 2 aromatic rings. The summed E-state index contributed by atoms with van der Waals surface area (Å²) in [5.41, 5.74) is 1.23. The standard InChI is InChI=1S/C16H19BrO2/c1-3-9-18-15-6-7-16(19-10-8-17)14-11-12(2)4-5-13(14)15/h4-7,11H,3,8-10H2,1-2H3. The number of rotatable bonds is 6. The lowest BCUT2D eigenvalue weighted by molar-refractivity contribution is 0.319. The zero-order valence-electron chi connectivity index (χ0n) is 11.4. The van der Waals surface area contributed by atoms with Crippen molar-refractivity contribution < 1.29 is 9.47 Å². The minimum Gasteiger partial charge on any atom is -0.493 e. The maximum atomic E-state index is 5.80. The summed E-state index contributed by atoms with van der Waals surface area (Å²) in [5.74, 6) is 1.85. The first-order valence-electron chi connectivity index (χ1n) is 6.61. The van der Waals surface area contributed by atoms with Gasteiger partial charge in [-0.2, -0.15) is 0 Å². The van der Waals surface area contributed by atoms with E-state index in [0.717, 1.165) is 40.6 Å². The van der Waals surface area contributed by atoms with E-state index in [1.54, 1.807) is 0 Å². The van der Waals surface area contributed by atoms with Crippen LogP contribution in [0.15, 0.2) is 30.3 Å². The Balaban J connectivity index is 2.45. The molecule has 0 saturated carbocycles. The Bertz CT molecular complexity index is 552. The molecule has 0 amide bonds. The minimum atomic E-state index is 0.665. The quantitative estimate of drug-likeness (QED) is 0.717. The first-order valence-corrected chi connectivity index (χ1v) is 7.73. The second-order valence-corrected chi connectivity index (χ2v) is 5.29. The average molecular weight is 323 g/mol. The summed E-state index contributed by atoms with van der Waals surface area (Å²) < 4.78 is 11.6. The lowest BCUT2D eigenvalue weighted by Gasteiger charge is -2.13. The van der Waals surface area contributed by atoms with Crippen LogP contribution in [0.3, 0.4) is 0 Å². The zero-order chi connectivity index (χ0) is 13.7. The number of halogens is 1. The van der Waals surface area contributed by atoms with Crippen molar-refractivity contribution in [3.63, 3.8) is 0 Å². The van der Waals surface area contributed by atoms with E-state index in [-0.39, 0.29) is 0 Å². The normalized spacial score (nSPS) is 10.7. The van der Waals surface area contributed by atoms with E-state index >= 15 is 0 Å². The van der Waals surface area contributed by atoms with Gasteiger partial charge in [-0.15, -0.1) is 0 Å². The van der Waals surface area contributed by atoms with Crippen molar-refractivity contribution in [1.82, 2.24) is 0 Å². The Labute approximate surface area is 122 Å². The third-order valence-electron chi connectivity index (χ3n) is 2.89. The number of fused-ring (bicyclic) bond motifs is 1. The first-order chi connectivity index (χ1) is 9.26. The molecule has 0 aliphatic rings. The Morgan fingerprint density at radius 3 is 2.32 bits per heavy atom. The van der Waals surface area contributed by atoms with Crippen LogP contribution in [0.1, 0.15) is 18.9 Å². The molecule has 3 heteroatoms. The van der Waals surface area contributed by atoms with E-state index in [4.69, 9.17) is 9.47 Å². The van der Waals surface area contributed by atoms with Gasteiger partial charge in [-0.05, 0) is 31.5 Å². The highest BCUT2D eigenvalue weighted by atomic mass is 79.9. The number of alkyl halides is 1. The van der Waals surface area contributed by atoms with Crippen molar-refractivity contribution in [2.75, 3.05) is 18.5 Å². The summed E-state index contributed by atoms with van der Waals surface area (Å²) in [7, 11) is 0. The molecular formula is C16H19BrO2. The maximum Gasteiger partial charge on any atom is 0.127 e. The van der Waals surface area contributed by atoms with E-state index < -0.39 is 0 Å². The van der Waals surface area contributed by atoms with Gasteiger partial charge in [0.05, 0.1) is 13.2 Å². The second kappa shape index (κ2) is 6.80. The summed E-state index contributed by atoms with van der Waals surface area (Å²) >= 11 is 3.38. The Morgan fingerprint density at radius 1 is 0.947 bits per heavy atom. The molecule has 2 rings (SSSR count). The highest BCUT2D eigenvalue weighted by molar-refractivity contribution is 9.09. The Kier molecular flexibility index (Phi) is 5.08. The largest absolute Gasteiger partial charge is 0.493 e. The summed E-state index contributed by atoms with van der Waals surface area (Å²) in [6, 6.07) is 10.4. The van der Waals surface area contributed by atoms with Gasteiger partial charge in [0, 0.05) is 16.1 Å². The van der Waals surface area contributed by atoms with E-state index in [0.29, 0.717) is 6.61 Å². The number of aryl methyl sites for hydroxylation is 1. The van der Waals surface area contributed by atoms with Crippen LogP contribution in [0.4, 0.5) is 0 Å². The van der Waals surface area contributed by atoms with Crippen molar-refractivity contribution in [3.05, 3.63) is 35.9 Å². The van der Waals surface area contributed by atoms with Crippen molar-refractivity contribution >= 4 is 26.7 Å². The number of hydrogen-bond donors (Lipinski definition) is 0. The van der Waals surface area contributed by atoms with Crippen LogP contribution in [0, 0.1) is 6.92 Å². The summed E-state index contributed by atoms with van der Waals surface area (Å²) in [6.07, 6.45) is 1.01. The van der Waals surface area contributed by atoms with Crippen LogP contribution in [0.5, 0.6) is 11.5 Å². The van der Waals surface area contributed by atoms with Crippen LogP contribution < -0.4 is 9.47 Å². The molecule has 0 aromatic heterocycles. The van der Waals surface area contributed by atoms with E-state index in [1.165, 1.54) is 5.56 Å². The van der Waals surface area contributed by atoms with Crippen molar-refractivity contribution in [3.8, 4) is 11.5 Å². The van der Waals surface area contributed by atoms with Crippen molar-refractivity contribution in [2.45, 2.75) is 20.3 Å². The fourth-order valence-corrected chi connectivity index (χ4v) is 2.18. The third-order valence-corrected chi connectivity index (χ3v) is 3.21. The van der Waals surface area contributed by atoms with Crippen LogP contribution in [-0.2, 0) is 0 Å². The summed E-state index contributed by atoms with van der Waals surface area (Å²) in [4.78, 5) is 0. The third kappa shape index (κ3) is 3.41. The predicted molar refractivity (Wildman–Crippen MR) is 83.8 cm³/mol. The van der Waals surface area contributed by atoms with Crippen molar-refractivity contribution in [1.29, 1.82) is 0 Å². The first kappa shape index (κ1) is 14.2. The molecule has 0 atom stereocenters. The van der Waals surface area contributed by atoms with Gasteiger partial charge >= 0.3 is 0 Å². The van der Waals surface area contributed by atoms with E-state index in [9.17, 15) is 0 Å². The van der Waals surface area contributed by atoms with Crippen LogP contribution in [-0.4, -0.2) is 18.5 Å². The van der Waals surface area contributed by atoms with Crippen molar-refractivity contribution in [2.24, 2.45) is 0 Å². The molecule has 0 spiro atoms. The fraction of sp³-hybridized carbons (Fsp3) is 0.375. The van der Waals surface area contributed by atoms with Gasteiger partial charge in [0.15, 0.2) is 0 Å². The fourth-order valence-electron chi connectivity index (χ4n) is 2.02. The topological polar surface area (TPSA) is 18.5 Å². The molecule has 0 saturated heterocycles. The predicted octanol–water partition coefficient (Wildman–Crippen LogP) is 4.71. The smallest absolute Gasteiger partial charge is 0.127 e. The number of ether oxygens (including phenoxy) is 2. The van der Waals surface area contributed by atoms with Gasteiger partial charge in [-0.3, -0.25) is 0 Å². The van der Waals surface area contributed by atoms with Gasteiger partial charge in [0.1, 0.15) is 11.5 Å². The molecule has 0 fully saturated rings. The highest BCUT2D eigenvalue weighted by Gasteiger charge is 2.08. The number of benzene rings is 2.